The fraction of sp³-hybridized carbons (Fsp3) is 0.600. The molecule has 1 N–H and O–H groups in total. The van der Waals surface area contributed by atoms with Crippen LogP contribution in [0.3, 0.4) is 0 Å². The third kappa shape index (κ3) is 1.93. The first-order valence-corrected chi connectivity index (χ1v) is 4.19. The molecule has 0 saturated carbocycles. The molecule has 0 amide bonds. The van der Waals surface area contributed by atoms with E-state index in [1.54, 1.807) is 0 Å². The Balaban J connectivity index is 2.72. The van der Waals surface area contributed by atoms with Crippen molar-refractivity contribution in [3.05, 3.63) is 23.8 Å². The molecule has 62 valence electrons. The van der Waals surface area contributed by atoms with Gasteiger partial charge in [0.1, 0.15) is 0 Å². The smallest absolute Gasteiger partial charge is 0.0786 e. The Labute approximate surface area is 68.4 Å². The highest BCUT2D eigenvalue weighted by atomic mass is 16.3. The van der Waals surface area contributed by atoms with Gasteiger partial charge in [0.2, 0.25) is 0 Å². The Bertz CT molecular complexity index is 189. The number of allylic oxidation sites excluding steroid dienone is 2. The van der Waals surface area contributed by atoms with E-state index >= 15 is 0 Å². The van der Waals surface area contributed by atoms with Gasteiger partial charge in [0.05, 0.1) is 6.10 Å². The van der Waals surface area contributed by atoms with Crippen molar-refractivity contribution >= 4 is 0 Å². The molecule has 1 rings (SSSR count). The van der Waals surface area contributed by atoms with Crippen LogP contribution >= 0.6 is 0 Å². The second kappa shape index (κ2) is 3.22. The Hall–Kier alpha value is -0.560. The highest BCUT2D eigenvalue weighted by molar-refractivity contribution is 5.27. The first-order valence-electron chi connectivity index (χ1n) is 4.19. The van der Waals surface area contributed by atoms with Gasteiger partial charge in [0.25, 0.3) is 0 Å². The zero-order valence-electron chi connectivity index (χ0n) is 7.41. The Morgan fingerprint density at radius 3 is 2.55 bits per heavy atom. The Morgan fingerprint density at radius 2 is 2.09 bits per heavy atom. The van der Waals surface area contributed by atoms with Crippen LogP contribution in [0.2, 0.25) is 0 Å². The van der Waals surface area contributed by atoms with Gasteiger partial charge in [0.15, 0.2) is 0 Å². The van der Waals surface area contributed by atoms with Crippen LogP contribution in [0.15, 0.2) is 23.8 Å². The number of rotatable bonds is 1. The lowest BCUT2D eigenvalue weighted by molar-refractivity contribution is 0.182. The van der Waals surface area contributed by atoms with Crippen molar-refractivity contribution in [3.8, 4) is 0 Å². The van der Waals surface area contributed by atoms with E-state index in [9.17, 15) is 5.11 Å². The Kier molecular flexibility index (Phi) is 2.50. The van der Waals surface area contributed by atoms with Crippen molar-refractivity contribution < 1.29 is 5.11 Å². The average Bonchev–Trinajstić information content (AvgIpc) is 1.94. The normalized spacial score (nSPS) is 30.8. The highest BCUT2D eigenvalue weighted by Gasteiger charge is 2.14. The molecular formula is C10H16O. The summed E-state index contributed by atoms with van der Waals surface area (Å²) in [4.78, 5) is 0. The number of hydrogen-bond donors (Lipinski definition) is 1. The van der Waals surface area contributed by atoms with Gasteiger partial charge in [-0.3, -0.25) is 0 Å². The van der Waals surface area contributed by atoms with Crippen LogP contribution in [0.5, 0.6) is 0 Å². The lowest BCUT2D eigenvalue weighted by Crippen LogP contribution is -2.17. The molecule has 0 spiro atoms. The van der Waals surface area contributed by atoms with Crippen LogP contribution in [-0.4, -0.2) is 11.2 Å². The average molecular weight is 152 g/mol. The van der Waals surface area contributed by atoms with E-state index in [-0.39, 0.29) is 12.0 Å². The fourth-order valence-corrected chi connectivity index (χ4v) is 1.17. The topological polar surface area (TPSA) is 20.2 Å². The van der Waals surface area contributed by atoms with Gasteiger partial charge < -0.3 is 5.11 Å². The molecule has 0 aromatic rings. The van der Waals surface area contributed by atoms with Crippen LogP contribution in [0, 0.1) is 11.8 Å². The second-order valence-electron chi connectivity index (χ2n) is 3.53. The highest BCUT2D eigenvalue weighted by Crippen LogP contribution is 2.21. The van der Waals surface area contributed by atoms with Crippen molar-refractivity contribution in [1.82, 2.24) is 0 Å². The summed E-state index contributed by atoms with van der Waals surface area (Å²) < 4.78 is 0. The number of aliphatic hydroxyl groups excluding tert-OH is 1. The summed E-state index contributed by atoms with van der Waals surface area (Å²) in [5, 5.41) is 9.47. The minimum Gasteiger partial charge on any atom is -0.388 e. The van der Waals surface area contributed by atoms with Gasteiger partial charge in [-0.15, -0.1) is 0 Å². The summed E-state index contributed by atoms with van der Waals surface area (Å²) in [6, 6.07) is 0. The molecule has 1 aliphatic carbocycles. The zero-order valence-corrected chi connectivity index (χ0v) is 7.41. The van der Waals surface area contributed by atoms with Gasteiger partial charge in [-0.05, 0) is 11.5 Å². The molecule has 1 nitrogen and oxygen atoms in total. The largest absolute Gasteiger partial charge is 0.388 e. The summed E-state index contributed by atoms with van der Waals surface area (Å²) in [7, 11) is 0. The van der Waals surface area contributed by atoms with E-state index in [4.69, 9.17) is 0 Å². The molecule has 0 bridgehead atoms. The summed E-state index contributed by atoms with van der Waals surface area (Å²) in [6.07, 6.45) is 5.86. The molecule has 11 heavy (non-hydrogen) atoms. The first-order chi connectivity index (χ1) is 5.11. The monoisotopic (exact) mass is 152 g/mol. The molecule has 0 aromatic carbocycles. The molecule has 1 unspecified atom stereocenters. The Morgan fingerprint density at radius 1 is 1.45 bits per heavy atom. The van der Waals surface area contributed by atoms with Crippen LogP contribution in [0.25, 0.3) is 0 Å². The van der Waals surface area contributed by atoms with Crippen LogP contribution in [-0.2, 0) is 0 Å². The summed E-state index contributed by atoms with van der Waals surface area (Å²) in [5.74, 6) is 0.797. The van der Waals surface area contributed by atoms with Gasteiger partial charge in [-0.1, -0.05) is 39.0 Å². The lowest BCUT2D eigenvalue weighted by atomic mass is 9.90. The third-order valence-corrected chi connectivity index (χ3v) is 2.16. The molecule has 0 aromatic heterocycles. The summed E-state index contributed by atoms with van der Waals surface area (Å²) in [6.45, 7) is 6.30. The van der Waals surface area contributed by atoms with Crippen molar-refractivity contribution in [2.75, 3.05) is 0 Å². The first kappa shape index (κ1) is 8.54. The maximum Gasteiger partial charge on any atom is 0.0786 e. The standard InChI is InChI=1S/C10H16O/c1-7(2)9-5-4-8(3)10(11)6-9/h4-8,10-11H,1-3H3/t8-,10?/m1/s1. The summed E-state index contributed by atoms with van der Waals surface area (Å²) in [5.41, 5.74) is 1.25. The van der Waals surface area contributed by atoms with Gasteiger partial charge in [-0.2, -0.15) is 0 Å². The molecule has 1 aliphatic rings. The van der Waals surface area contributed by atoms with Crippen molar-refractivity contribution in [3.63, 3.8) is 0 Å². The maximum absolute atomic E-state index is 9.47. The maximum atomic E-state index is 9.47. The quantitative estimate of drug-likeness (QED) is 0.610. The van der Waals surface area contributed by atoms with Crippen molar-refractivity contribution in [2.24, 2.45) is 11.8 Å². The molecule has 1 heteroatoms. The predicted molar refractivity (Wildman–Crippen MR) is 47.2 cm³/mol. The molecule has 0 radical (unpaired) electrons. The predicted octanol–water partition coefficient (Wildman–Crippen LogP) is 2.14. The molecule has 0 aliphatic heterocycles. The minimum atomic E-state index is -0.280. The fourth-order valence-electron chi connectivity index (χ4n) is 1.17. The van der Waals surface area contributed by atoms with E-state index in [0.717, 1.165) is 0 Å². The van der Waals surface area contributed by atoms with Gasteiger partial charge >= 0.3 is 0 Å². The minimum absolute atomic E-state index is 0.275. The van der Waals surface area contributed by atoms with Crippen molar-refractivity contribution in [1.29, 1.82) is 0 Å². The van der Waals surface area contributed by atoms with E-state index in [1.807, 2.05) is 13.0 Å². The van der Waals surface area contributed by atoms with Crippen LogP contribution in [0.4, 0.5) is 0 Å². The van der Waals surface area contributed by atoms with E-state index in [1.165, 1.54) is 5.57 Å². The van der Waals surface area contributed by atoms with Gasteiger partial charge in [-0.25, -0.2) is 0 Å². The molecule has 0 heterocycles. The number of aliphatic hydroxyl groups is 1. The molecule has 0 fully saturated rings. The van der Waals surface area contributed by atoms with Gasteiger partial charge in [0, 0.05) is 5.92 Å². The van der Waals surface area contributed by atoms with E-state index in [2.05, 4.69) is 26.0 Å². The van der Waals surface area contributed by atoms with Crippen LogP contribution < -0.4 is 0 Å². The SMILES string of the molecule is CC(C)C1=CC(O)[C@H](C)C=C1. The molecular weight excluding hydrogens is 136 g/mol. The van der Waals surface area contributed by atoms with E-state index < -0.39 is 0 Å². The second-order valence-corrected chi connectivity index (χ2v) is 3.53. The molecule has 2 atom stereocenters. The number of hydrogen-bond acceptors (Lipinski definition) is 1. The zero-order chi connectivity index (χ0) is 8.43. The summed E-state index contributed by atoms with van der Waals surface area (Å²) >= 11 is 0. The van der Waals surface area contributed by atoms with Crippen molar-refractivity contribution in [2.45, 2.75) is 26.9 Å². The molecule has 0 saturated heterocycles. The lowest BCUT2D eigenvalue weighted by Gasteiger charge is -2.19. The van der Waals surface area contributed by atoms with E-state index in [0.29, 0.717) is 5.92 Å². The van der Waals surface area contributed by atoms with Crippen LogP contribution in [0.1, 0.15) is 20.8 Å². The third-order valence-electron chi connectivity index (χ3n) is 2.16.